The van der Waals surface area contributed by atoms with Gasteiger partial charge in [-0.25, -0.2) is 4.98 Å². The van der Waals surface area contributed by atoms with Crippen molar-refractivity contribution in [3.63, 3.8) is 0 Å². The quantitative estimate of drug-likeness (QED) is 0.689. The normalized spacial score (nSPS) is 10.1. The summed E-state index contributed by atoms with van der Waals surface area (Å²) in [6.45, 7) is 0. The van der Waals surface area contributed by atoms with Crippen LogP contribution in [0.1, 0.15) is 5.56 Å². The van der Waals surface area contributed by atoms with Gasteiger partial charge in [0.25, 0.3) is 0 Å². The van der Waals surface area contributed by atoms with Crippen LogP contribution >= 0.6 is 0 Å². The summed E-state index contributed by atoms with van der Waals surface area (Å²) in [5.41, 5.74) is 2.24. The predicted octanol–water partition coefficient (Wildman–Crippen LogP) is 3.88. The minimum Gasteiger partial charge on any atom is -0.436 e. The molecule has 1 aromatic heterocycles. The Morgan fingerprint density at radius 3 is 2.47 bits per heavy atom. The zero-order valence-corrected chi connectivity index (χ0v) is 10.1. The third-order valence-corrected chi connectivity index (χ3v) is 2.84. The molecular formula is C16H10N2O. The minimum atomic E-state index is 0.469. The largest absolute Gasteiger partial charge is 0.436 e. The Morgan fingerprint density at radius 2 is 1.68 bits per heavy atom. The molecule has 0 spiro atoms. The fourth-order valence-corrected chi connectivity index (χ4v) is 1.90. The van der Waals surface area contributed by atoms with Gasteiger partial charge in [0.1, 0.15) is 0 Å². The molecule has 2 aromatic carbocycles. The number of oxazole rings is 1. The van der Waals surface area contributed by atoms with E-state index in [1.807, 2.05) is 48.5 Å². The van der Waals surface area contributed by atoms with Gasteiger partial charge in [-0.1, -0.05) is 42.5 Å². The summed E-state index contributed by atoms with van der Waals surface area (Å²) in [4.78, 5) is 4.25. The molecule has 3 nitrogen and oxygen atoms in total. The van der Waals surface area contributed by atoms with Crippen LogP contribution in [0.3, 0.4) is 0 Å². The number of hydrogen-bond donors (Lipinski definition) is 0. The molecule has 0 bridgehead atoms. The third kappa shape index (κ3) is 2.12. The van der Waals surface area contributed by atoms with Crippen LogP contribution in [0.2, 0.25) is 0 Å². The lowest BCUT2D eigenvalue weighted by Crippen LogP contribution is -1.82. The molecule has 0 aliphatic heterocycles. The van der Waals surface area contributed by atoms with Gasteiger partial charge in [0.05, 0.1) is 23.4 Å². The fourth-order valence-electron chi connectivity index (χ4n) is 1.90. The van der Waals surface area contributed by atoms with Crippen LogP contribution in [0.4, 0.5) is 0 Å². The smallest absolute Gasteiger partial charge is 0.228 e. The molecule has 19 heavy (non-hydrogen) atoms. The zero-order valence-electron chi connectivity index (χ0n) is 10.1. The Bertz CT molecular complexity index is 739. The Labute approximate surface area is 110 Å². The second-order valence-corrected chi connectivity index (χ2v) is 4.05. The van der Waals surface area contributed by atoms with E-state index in [1.165, 1.54) is 0 Å². The van der Waals surface area contributed by atoms with E-state index in [1.54, 1.807) is 12.3 Å². The number of aromatic nitrogens is 1. The van der Waals surface area contributed by atoms with Gasteiger partial charge >= 0.3 is 0 Å². The molecule has 0 saturated carbocycles. The highest BCUT2D eigenvalue weighted by atomic mass is 16.4. The van der Waals surface area contributed by atoms with Crippen LogP contribution < -0.4 is 0 Å². The van der Waals surface area contributed by atoms with E-state index in [0.29, 0.717) is 22.8 Å². The van der Waals surface area contributed by atoms with E-state index in [-0.39, 0.29) is 0 Å². The number of nitriles is 1. The minimum absolute atomic E-state index is 0.469. The topological polar surface area (TPSA) is 49.8 Å². The molecule has 0 aliphatic carbocycles. The Kier molecular flexibility index (Phi) is 2.83. The molecule has 0 unspecified atom stereocenters. The van der Waals surface area contributed by atoms with E-state index in [9.17, 15) is 0 Å². The molecule has 0 atom stereocenters. The molecule has 0 fully saturated rings. The first-order valence-electron chi connectivity index (χ1n) is 5.89. The summed E-state index contributed by atoms with van der Waals surface area (Å²) in [5, 5.41) is 9.08. The van der Waals surface area contributed by atoms with E-state index in [2.05, 4.69) is 11.1 Å². The van der Waals surface area contributed by atoms with Crippen molar-refractivity contribution < 1.29 is 4.42 Å². The van der Waals surface area contributed by atoms with Crippen LogP contribution in [0.15, 0.2) is 65.2 Å². The molecule has 1 heterocycles. The summed E-state index contributed by atoms with van der Waals surface area (Å²) in [7, 11) is 0. The van der Waals surface area contributed by atoms with Gasteiger partial charge in [-0.3, -0.25) is 0 Å². The first-order chi connectivity index (χ1) is 9.38. The molecule has 3 aromatic rings. The Balaban J connectivity index is 2.05. The molecule has 90 valence electrons. The first kappa shape index (κ1) is 11.2. The standard InChI is InChI=1S/C16H10N2O/c17-10-13-8-4-5-9-14(13)16-18-11-15(19-16)12-6-2-1-3-7-12/h1-9,11H. The van der Waals surface area contributed by atoms with Crippen molar-refractivity contribution in [3.05, 3.63) is 66.4 Å². The Morgan fingerprint density at radius 1 is 0.947 bits per heavy atom. The van der Waals surface area contributed by atoms with Crippen molar-refractivity contribution >= 4 is 0 Å². The van der Waals surface area contributed by atoms with Gasteiger partial charge in [0.2, 0.25) is 5.89 Å². The first-order valence-corrected chi connectivity index (χ1v) is 5.89. The summed E-state index contributed by atoms with van der Waals surface area (Å²) in [5.74, 6) is 1.17. The van der Waals surface area contributed by atoms with Crippen LogP contribution in [0.25, 0.3) is 22.8 Å². The summed E-state index contributed by atoms with van der Waals surface area (Å²) in [6, 6.07) is 19.2. The van der Waals surface area contributed by atoms with Gasteiger partial charge in [-0.15, -0.1) is 0 Å². The van der Waals surface area contributed by atoms with Crippen molar-refractivity contribution in [2.75, 3.05) is 0 Å². The van der Waals surface area contributed by atoms with Crippen molar-refractivity contribution in [1.82, 2.24) is 4.98 Å². The lowest BCUT2D eigenvalue weighted by Gasteiger charge is -1.98. The molecule has 3 heteroatoms. The second-order valence-electron chi connectivity index (χ2n) is 4.05. The van der Waals surface area contributed by atoms with Gasteiger partial charge < -0.3 is 4.42 Å². The summed E-state index contributed by atoms with van der Waals surface area (Å²) < 4.78 is 5.74. The maximum absolute atomic E-state index is 9.08. The lowest BCUT2D eigenvalue weighted by molar-refractivity contribution is 0.588. The van der Waals surface area contributed by atoms with Crippen molar-refractivity contribution in [2.24, 2.45) is 0 Å². The van der Waals surface area contributed by atoms with E-state index in [0.717, 1.165) is 5.56 Å². The van der Waals surface area contributed by atoms with Crippen molar-refractivity contribution in [3.8, 4) is 28.8 Å². The highest BCUT2D eigenvalue weighted by Crippen LogP contribution is 2.27. The van der Waals surface area contributed by atoms with E-state index >= 15 is 0 Å². The van der Waals surface area contributed by atoms with E-state index < -0.39 is 0 Å². The number of hydrogen-bond acceptors (Lipinski definition) is 3. The molecule has 0 amide bonds. The average molecular weight is 246 g/mol. The fraction of sp³-hybridized carbons (Fsp3) is 0. The number of nitrogens with zero attached hydrogens (tertiary/aromatic N) is 2. The third-order valence-electron chi connectivity index (χ3n) is 2.84. The molecule has 0 N–H and O–H groups in total. The monoisotopic (exact) mass is 246 g/mol. The van der Waals surface area contributed by atoms with Gasteiger partial charge in [-0.05, 0) is 12.1 Å². The van der Waals surface area contributed by atoms with Gasteiger partial charge in [-0.2, -0.15) is 5.26 Å². The number of rotatable bonds is 2. The average Bonchev–Trinajstić information content (AvgIpc) is 2.98. The van der Waals surface area contributed by atoms with Gasteiger partial charge in [0, 0.05) is 5.56 Å². The molecule has 0 saturated heterocycles. The van der Waals surface area contributed by atoms with Crippen LogP contribution in [-0.4, -0.2) is 4.98 Å². The maximum atomic E-state index is 9.08. The molecule has 0 aliphatic rings. The maximum Gasteiger partial charge on any atom is 0.228 e. The SMILES string of the molecule is N#Cc1ccccc1-c1ncc(-c2ccccc2)o1. The van der Waals surface area contributed by atoms with Crippen LogP contribution in [-0.2, 0) is 0 Å². The Hall–Kier alpha value is -2.86. The van der Waals surface area contributed by atoms with E-state index in [4.69, 9.17) is 9.68 Å². The molecule has 0 radical (unpaired) electrons. The number of benzene rings is 2. The highest BCUT2D eigenvalue weighted by molar-refractivity contribution is 5.65. The highest BCUT2D eigenvalue weighted by Gasteiger charge is 2.11. The van der Waals surface area contributed by atoms with Crippen molar-refractivity contribution in [2.45, 2.75) is 0 Å². The predicted molar refractivity (Wildman–Crippen MR) is 72.1 cm³/mol. The zero-order chi connectivity index (χ0) is 13.1. The van der Waals surface area contributed by atoms with Gasteiger partial charge in [0.15, 0.2) is 5.76 Å². The van der Waals surface area contributed by atoms with Crippen molar-refractivity contribution in [1.29, 1.82) is 5.26 Å². The second kappa shape index (κ2) is 4.79. The van der Waals surface area contributed by atoms with Crippen LogP contribution in [0, 0.1) is 11.3 Å². The van der Waals surface area contributed by atoms with Crippen LogP contribution in [0.5, 0.6) is 0 Å². The summed E-state index contributed by atoms with van der Waals surface area (Å²) in [6.07, 6.45) is 1.68. The molecular weight excluding hydrogens is 236 g/mol. The molecule has 3 rings (SSSR count). The summed E-state index contributed by atoms with van der Waals surface area (Å²) >= 11 is 0. The lowest BCUT2D eigenvalue weighted by atomic mass is 10.1.